The van der Waals surface area contributed by atoms with Crippen LogP contribution < -0.4 is 0 Å². The molecule has 0 aliphatic rings. The van der Waals surface area contributed by atoms with Crippen molar-refractivity contribution in [3.63, 3.8) is 0 Å². The summed E-state index contributed by atoms with van der Waals surface area (Å²) in [5.41, 5.74) is 11.4. The zero-order valence-electron chi connectivity index (χ0n) is 27.6. The highest BCUT2D eigenvalue weighted by molar-refractivity contribution is 6.28. The van der Waals surface area contributed by atoms with E-state index in [2.05, 4.69) is 174 Å². The third-order valence-corrected chi connectivity index (χ3v) is 10.9. The van der Waals surface area contributed by atoms with Crippen molar-refractivity contribution in [2.45, 2.75) is 0 Å². The van der Waals surface area contributed by atoms with Crippen molar-refractivity contribution < 1.29 is 0 Å². The Labute approximate surface area is 294 Å². The number of nitrogens with zero attached hydrogens (tertiary/aromatic N) is 2. The van der Waals surface area contributed by atoms with Crippen molar-refractivity contribution in [2.24, 2.45) is 0 Å². The van der Waals surface area contributed by atoms with Crippen LogP contribution in [0.3, 0.4) is 0 Å². The van der Waals surface area contributed by atoms with Gasteiger partial charge in [-0.1, -0.05) is 133 Å². The molecule has 11 rings (SSSR count). The minimum absolute atomic E-state index is 0.708. The maximum absolute atomic E-state index is 9.92. The largest absolute Gasteiger partial charge is 0.309 e. The van der Waals surface area contributed by atoms with E-state index in [0.717, 1.165) is 27.5 Å². The van der Waals surface area contributed by atoms with Gasteiger partial charge in [0.05, 0.1) is 22.7 Å². The van der Waals surface area contributed by atoms with Gasteiger partial charge in [-0.25, -0.2) is 0 Å². The van der Waals surface area contributed by atoms with Gasteiger partial charge >= 0.3 is 0 Å². The molecule has 0 atom stereocenters. The van der Waals surface area contributed by atoms with Crippen LogP contribution in [0.2, 0.25) is 0 Å². The van der Waals surface area contributed by atoms with Crippen molar-refractivity contribution in [2.75, 3.05) is 0 Å². The highest BCUT2D eigenvalue weighted by Crippen LogP contribution is 2.44. The Morgan fingerprint density at radius 2 is 0.941 bits per heavy atom. The first-order valence-electron chi connectivity index (χ1n) is 17.4. The first-order valence-corrected chi connectivity index (χ1v) is 17.4. The smallest absolute Gasteiger partial charge is 0.0998 e. The molecule has 1 heterocycles. The lowest BCUT2D eigenvalue weighted by Crippen LogP contribution is -1.93. The van der Waals surface area contributed by atoms with E-state index in [1.807, 2.05) is 6.07 Å². The number of hydrogen-bond acceptors (Lipinski definition) is 1. The van der Waals surface area contributed by atoms with Crippen molar-refractivity contribution in [1.82, 2.24) is 4.57 Å². The lowest BCUT2D eigenvalue weighted by Gasteiger charge is -2.16. The Balaban J connectivity index is 1.07. The predicted molar refractivity (Wildman–Crippen MR) is 214 cm³/mol. The second kappa shape index (κ2) is 10.5. The molecule has 0 saturated carbocycles. The summed E-state index contributed by atoms with van der Waals surface area (Å²) in [6.45, 7) is 0. The number of rotatable bonds is 4. The molecule has 0 aliphatic heterocycles. The monoisotopic (exact) mass is 644 g/mol. The van der Waals surface area contributed by atoms with E-state index in [-0.39, 0.29) is 0 Å². The van der Waals surface area contributed by atoms with E-state index in [0.29, 0.717) is 5.56 Å². The first-order chi connectivity index (χ1) is 25.2. The number of para-hydroxylation sites is 1. The minimum atomic E-state index is 0.708. The number of benzene rings is 10. The van der Waals surface area contributed by atoms with Gasteiger partial charge in [-0.2, -0.15) is 5.26 Å². The fourth-order valence-electron chi connectivity index (χ4n) is 8.65. The van der Waals surface area contributed by atoms with Crippen molar-refractivity contribution in [3.8, 4) is 45.1 Å². The first kappa shape index (κ1) is 27.9. The van der Waals surface area contributed by atoms with Crippen molar-refractivity contribution >= 4 is 64.9 Å². The van der Waals surface area contributed by atoms with Gasteiger partial charge in [-0.3, -0.25) is 0 Å². The third-order valence-electron chi connectivity index (χ3n) is 10.9. The summed E-state index contributed by atoms with van der Waals surface area (Å²) in [7, 11) is 0. The molecule has 0 N–H and O–H groups in total. The van der Waals surface area contributed by atoms with E-state index in [1.165, 1.54) is 76.5 Å². The molecule has 234 valence electrons. The molecule has 1 aromatic heterocycles. The number of aromatic nitrogens is 1. The third kappa shape index (κ3) is 3.98. The second-order valence-electron chi connectivity index (χ2n) is 13.6. The van der Waals surface area contributed by atoms with Crippen molar-refractivity contribution in [1.29, 1.82) is 5.26 Å². The molecule has 10 aromatic carbocycles. The summed E-state index contributed by atoms with van der Waals surface area (Å²) in [5.74, 6) is 0. The fourth-order valence-corrected chi connectivity index (χ4v) is 8.65. The van der Waals surface area contributed by atoms with Crippen LogP contribution in [-0.2, 0) is 0 Å². The standard InChI is InChI=1S/C49H28N2/c50-29-36-20-26-44-49-41(36)23-19-35-27-37(28-45(48(35)49)51(44)38-9-5-2-6-10-38)30-11-13-32(14-12-30)40-22-16-34-17-24-42-39(31-7-3-1-4-8-31)21-15-33-18-25-43(40)47(34)46(33)42/h1-28H. The highest BCUT2D eigenvalue weighted by Gasteiger charge is 2.20. The van der Waals surface area contributed by atoms with Crippen molar-refractivity contribution in [3.05, 3.63) is 175 Å². The maximum atomic E-state index is 9.92. The summed E-state index contributed by atoms with van der Waals surface area (Å²) in [5, 5.41) is 22.2. The molecule has 0 aliphatic carbocycles. The molecule has 0 radical (unpaired) electrons. The van der Waals surface area contributed by atoms with Gasteiger partial charge in [0.15, 0.2) is 0 Å². The van der Waals surface area contributed by atoms with E-state index in [4.69, 9.17) is 0 Å². The summed E-state index contributed by atoms with van der Waals surface area (Å²) < 4.78 is 2.34. The molecular weight excluding hydrogens is 617 g/mol. The van der Waals surface area contributed by atoms with E-state index in [9.17, 15) is 5.26 Å². The zero-order valence-corrected chi connectivity index (χ0v) is 27.6. The number of nitriles is 1. The quantitative estimate of drug-likeness (QED) is 0.175. The minimum Gasteiger partial charge on any atom is -0.309 e. The summed E-state index contributed by atoms with van der Waals surface area (Å²) in [4.78, 5) is 0. The lowest BCUT2D eigenvalue weighted by atomic mass is 9.87. The van der Waals surface area contributed by atoms with Gasteiger partial charge in [0.2, 0.25) is 0 Å². The highest BCUT2D eigenvalue weighted by atomic mass is 15.0. The summed E-state index contributed by atoms with van der Waals surface area (Å²) in [6, 6.07) is 63.9. The van der Waals surface area contributed by atoms with Crippen LogP contribution in [0.25, 0.3) is 104 Å². The Morgan fingerprint density at radius 3 is 1.61 bits per heavy atom. The van der Waals surface area contributed by atoms with Crippen LogP contribution in [0, 0.1) is 11.3 Å². The molecule has 51 heavy (non-hydrogen) atoms. The lowest BCUT2D eigenvalue weighted by molar-refractivity contribution is 1.18. The SMILES string of the molecule is N#Cc1ccc2c3c1ccc1cc(-c4ccc(-c5ccc6ccc7c(-c8ccccc8)ccc8ccc5c6c87)cc4)cc(c13)n2-c1ccccc1. The van der Waals surface area contributed by atoms with Crippen LogP contribution in [0.5, 0.6) is 0 Å². The molecule has 0 bridgehead atoms. The molecule has 2 nitrogen and oxygen atoms in total. The van der Waals surface area contributed by atoms with Gasteiger partial charge in [0.25, 0.3) is 0 Å². The van der Waals surface area contributed by atoms with Gasteiger partial charge in [-0.15, -0.1) is 0 Å². The van der Waals surface area contributed by atoms with E-state index < -0.39 is 0 Å². The Hall–Kier alpha value is -6.95. The topological polar surface area (TPSA) is 28.7 Å². The molecule has 0 amide bonds. The van der Waals surface area contributed by atoms with Crippen LogP contribution in [0.4, 0.5) is 0 Å². The fraction of sp³-hybridized carbons (Fsp3) is 0. The van der Waals surface area contributed by atoms with Gasteiger partial charge in [-0.05, 0) is 107 Å². The number of hydrogen-bond donors (Lipinski definition) is 0. The maximum Gasteiger partial charge on any atom is 0.0998 e. The van der Waals surface area contributed by atoms with Gasteiger partial charge in [0, 0.05) is 21.8 Å². The molecule has 0 spiro atoms. The molecule has 0 unspecified atom stereocenters. The van der Waals surface area contributed by atoms with Crippen LogP contribution in [0.1, 0.15) is 5.56 Å². The molecular formula is C49H28N2. The van der Waals surface area contributed by atoms with Gasteiger partial charge in [0.1, 0.15) is 0 Å². The molecule has 2 heteroatoms. The zero-order chi connectivity index (χ0) is 33.6. The Morgan fingerprint density at radius 1 is 0.373 bits per heavy atom. The molecule has 11 aromatic rings. The average Bonchev–Trinajstić information content (AvgIpc) is 3.54. The van der Waals surface area contributed by atoms with Crippen LogP contribution in [-0.4, -0.2) is 4.57 Å². The predicted octanol–water partition coefficient (Wildman–Crippen LogP) is 13.1. The molecule has 0 fully saturated rings. The van der Waals surface area contributed by atoms with Gasteiger partial charge < -0.3 is 4.57 Å². The Bertz CT molecular complexity index is 3160. The van der Waals surface area contributed by atoms with Crippen LogP contribution >= 0.6 is 0 Å². The summed E-state index contributed by atoms with van der Waals surface area (Å²) in [6.07, 6.45) is 0. The normalized spacial score (nSPS) is 11.9. The second-order valence-corrected chi connectivity index (χ2v) is 13.6. The molecule has 0 saturated heterocycles. The average molecular weight is 645 g/mol. The van der Waals surface area contributed by atoms with Crippen LogP contribution in [0.15, 0.2) is 170 Å². The van der Waals surface area contributed by atoms with E-state index in [1.54, 1.807) is 0 Å². The summed E-state index contributed by atoms with van der Waals surface area (Å²) >= 11 is 0. The Kier molecular flexibility index (Phi) is 5.77. The van der Waals surface area contributed by atoms with E-state index >= 15 is 0 Å².